The van der Waals surface area contributed by atoms with E-state index in [1.807, 2.05) is 60.7 Å². The highest BCUT2D eigenvalue weighted by molar-refractivity contribution is 6.17. The monoisotopic (exact) mass is 372 g/mol. The van der Waals surface area contributed by atoms with Gasteiger partial charge >= 0.3 is 0 Å². The molecule has 2 heterocycles. The fraction of sp³-hybridized carbons (Fsp3) is 0. The topological polar surface area (TPSA) is 38.9 Å². The second-order valence-electron chi connectivity index (χ2n) is 7.07. The van der Waals surface area contributed by atoms with Crippen LogP contribution in [0.4, 0.5) is 0 Å². The van der Waals surface area contributed by atoms with Crippen LogP contribution in [-0.2, 0) is 0 Å². The van der Waals surface area contributed by atoms with Crippen LogP contribution in [0.2, 0.25) is 0 Å². The normalized spacial score (nSPS) is 11.4. The molecule has 6 rings (SSSR count). The SMILES string of the molecule is c1ccc(-c2nc(-c3ccccc3)c3c(n2)oc2c4ccccc4ccc23)cc1. The van der Waals surface area contributed by atoms with Gasteiger partial charge in [0.2, 0.25) is 5.71 Å². The standard InChI is InChI=1S/C26H16N2O/c1-3-10-18(11-4-1)23-22-21-16-15-17-9-7-8-14-20(17)24(21)29-26(22)28-25(27-23)19-12-5-2-6-13-19/h1-16H. The Kier molecular flexibility index (Phi) is 3.47. The number of fused-ring (bicyclic) bond motifs is 5. The Morgan fingerprint density at radius 2 is 1.24 bits per heavy atom. The van der Waals surface area contributed by atoms with Crippen LogP contribution in [0.1, 0.15) is 0 Å². The van der Waals surface area contributed by atoms with E-state index in [4.69, 9.17) is 14.4 Å². The van der Waals surface area contributed by atoms with Crippen molar-refractivity contribution in [3.05, 3.63) is 97.1 Å². The van der Waals surface area contributed by atoms with Crippen molar-refractivity contribution in [3.8, 4) is 22.6 Å². The first-order valence-electron chi connectivity index (χ1n) is 9.61. The van der Waals surface area contributed by atoms with Crippen molar-refractivity contribution in [1.29, 1.82) is 0 Å². The van der Waals surface area contributed by atoms with Crippen molar-refractivity contribution in [2.75, 3.05) is 0 Å². The molecule has 0 spiro atoms. The van der Waals surface area contributed by atoms with Crippen molar-refractivity contribution in [3.63, 3.8) is 0 Å². The van der Waals surface area contributed by atoms with E-state index in [-0.39, 0.29) is 0 Å². The summed E-state index contributed by atoms with van der Waals surface area (Å²) in [5.41, 5.74) is 4.38. The Morgan fingerprint density at radius 3 is 2.03 bits per heavy atom. The van der Waals surface area contributed by atoms with Gasteiger partial charge in [0.1, 0.15) is 5.58 Å². The fourth-order valence-corrected chi connectivity index (χ4v) is 3.92. The highest BCUT2D eigenvalue weighted by Gasteiger charge is 2.19. The number of furan rings is 1. The lowest BCUT2D eigenvalue weighted by Gasteiger charge is -2.06. The highest BCUT2D eigenvalue weighted by atomic mass is 16.3. The molecule has 0 aliphatic carbocycles. The molecule has 0 radical (unpaired) electrons. The quantitative estimate of drug-likeness (QED) is 0.333. The number of benzene rings is 4. The molecule has 0 aliphatic rings. The molecule has 0 saturated carbocycles. The van der Waals surface area contributed by atoms with Gasteiger partial charge in [-0.2, -0.15) is 4.98 Å². The Labute approximate surface area is 167 Å². The minimum absolute atomic E-state index is 0.615. The van der Waals surface area contributed by atoms with Crippen molar-refractivity contribution >= 4 is 32.8 Å². The van der Waals surface area contributed by atoms with Gasteiger partial charge in [-0.05, 0) is 11.5 Å². The lowest BCUT2D eigenvalue weighted by atomic mass is 10.0. The van der Waals surface area contributed by atoms with Gasteiger partial charge in [0.25, 0.3) is 0 Å². The first kappa shape index (κ1) is 16.0. The Bertz CT molecular complexity index is 1490. The van der Waals surface area contributed by atoms with E-state index in [1.54, 1.807) is 0 Å². The van der Waals surface area contributed by atoms with Gasteiger partial charge < -0.3 is 4.42 Å². The Morgan fingerprint density at radius 1 is 0.552 bits per heavy atom. The molecule has 0 N–H and O–H groups in total. The maximum Gasteiger partial charge on any atom is 0.231 e. The van der Waals surface area contributed by atoms with Crippen LogP contribution in [-0.4, -0.2) is 9.97 Å². The molecular weight excluding hydrogens is 356 g/mol. The minimum Gasteiger partial charge on any atom is -0.437 e. The molecule has 0 fully saturated rings. The van der Waals surface area contributed by atoms with Crippen molar-refractivity contribution < 1.29 is 4.42 Å². The maximum atomic E-state index is 6.34. The van der Waals surface area contributed by atoms with Gasteiger partial charge in [-0.15, -0.1) is 0 Å². The molecule has 4 aromatic carbocycles. The number of nitrogens with zero attached hydrogens (tertiary/aromatic N) is 2. The third kappa shape index (κ3) is 2.52. The van der Waals surface area contributed by atoms with Gasteiger partial charge in [-0.1, -0.05) is 91.0 Å². The molecule has 3 heteroatoms. The lowest BCUT2D eigenvalue weighted by molar-refractivity contribution is 0.657. The lowest BCUT2D eigenvalue weighted by Crippen LogP contribution is -1.93. The van der Waals surface area contributed by atoms with E-state index in [0.29, 0.717) is 11.5 Å². The summed E-state index contributed by atoms with van der Waals surface area (Å²) in [6, 6.07) is 32.8. The zero-order chi connectivity index (χ0) is 19.2. The third-order valence-corrected chi connectivity index (χ3v) is 5.30. The molecule has 0 aliphatic heterocycles. The molecule has 0 saturated heterocycles. The predicted molar refractivity (Wildman–Crippen MR) is 118 cm³/mol. The molecule has 0 amide bonds. The average Bonchev–Trinajstić information content (AvgIpc) is 3.19. The smallest absolute Gasteiger partial charge is 0.231 e. The zero-order valence-corrected chi connectivity index (χ0v) is 15.5. The van der Waals surface area contributed by atoms with Crippen LogP contribution in [0.3, 0.4) is 0 Å². The largest absolute Gasteiger partial charge is 0.437 e. The van der Waals surface area contributed by atoms with Gasteiger partial charge in [-0.3, -0.25) is 0 Å². The Balaban J connectivity index is 1.77. The molecule has 0 unspecified atom stereocenters. The molecule has 29 heavy (non-hydrogen) atoms. The van der Waals surface area contributed by atoms with E-state index in [9.17, 15) is 0 Å². The van der Waals surface area contributed by atoms with Crippen LogP contribution < -0.4 is 0 Å². The Hall–Kier alpha value is -3.98. The molecule has 136 valence electrons. The van der Waals surface area contributed by atoms with Gasteiger partial charge in [0.05, 0.1) is 11.1 Å². The molecular formula is C26H16N2O. The third-order valence-electron chi connectivity index (χ3n) is 5.30. The average molecular weight is 372 g/mol. The van der Waals surface area contributed by atoms with Crippen LogP contribution in [0.5, 0.6) is 0 Å². The summed E-state index contributed by atoms with van der Waals surface area (Å²) in [4.78, 5) is 9.77. The summed E-state index contributed by atoms with van der Waals surface area (Å²) in [5, 5.41) is 4.23. The molecule has 0 bridgehead atoms. The van der Waals surface area contributed by atoms with E-state index >= 15 is 0 Å². The molecule has 0 atom stereocenters. The van der Waals surface area contributed by atoms with Crippen LogP contribution in [0, 0.1) is 0 Å². The molecule has 6 aromatic rings. The second kappa shape index (κ2) is 6.28. The van der Waals surface area contributed by atoms with E-state index in [0.717, 1.165) is 43.9 Å². The first-order valence-corrected chi connectivity index (χ1v) is 9.61. The van der Waals surface area contributed by atoms with Crippen LogP contribution in [0.25, 0.3) is 55.5 Å². The predicted octanol–water partition coefficient (Wildman–Crippen LogP) is 6.86. The number of hydrogen-bond acceptors (Lipinski definition) is 3. The summed E-state index contributed by atoms with van der Waals surface area (Å²) < 4.78 is 6.34. The van der Waals surface area contributed by atoms with Gasteiger partial charge in [0, 0.05) is 21.9 Å². The summed E-state index contributed by atoms with van der Waals surface area (Å²) in [7, 11) is 0. The van der Waals surface area contributed by atoms with E-state index in [2.05, 4.69) is 36.4 Å². The summed E-state index contributed by atoms with van der Waals surface area (Å²) >= 11 is 0. The van der Waals surface area contributed by atoms with E-state index < -0.39 is 0 Å². The van der Waals surface area contributed by atoms with Crippen LogP contribution in [0.15, 0.2) is 101 Å². The minimum atomic E-state index is 0.615. The van der Waals surface area contributed by atoms with Crippen LogP contribution >= 0.6 is 0 Å². The number of aromatic nitrogens is 2. The first-order chi connectivity index (χ1) is 14.4. The molecule has 3 nitrogen and oxygen atoms in total. The molecule has 2 aromatic heterocycles. The second-order valence-corrected chi connectivity index (χ2v) is 7.07. The van der Waals surface area contributed by atoms with Crippen molar-refractivity contribution in [1.82, 2.24) is 9.97 Å². The summed E-state index contributed by atoms with van der Waals surface area (Å²) in [6.07, 6.45) is 0. The van der Waals surface area contributed by atoms with Gasteiger partial charge in [-0.25, -0.2) is 4.98 Å². The van der Waals surface area contributed by atoms with E-state index in [1.165, 1.54) is 0 Å². The zero-order valence-electron chi connectivity index (χ0n) is 15.5. The van der Waals surface area contributed by atoms with Crippen molar-refractivity contribution in [2.24, 2.45) is 0 Å². The number of hydrogen-bond donors (Lipinski definition) is 0. The highest BCUT2D eigenvalue weighted by Crippen LogP contribution is 2.38. The number of rotatable bonds is 2. The summed E-state index contributed by atoms with van der Waals surface area (Å²) in [5.74, 6) is 0.667. The van der Waals surface area contributed by atoms with Gasteiger partial charge in [0.15, 0.2) is 5.82 Å². The van der Waals surface area contributed by atoms with Crippen molar-refractivity contribution in [2.45, 2.75) is 0 Å². The summed E-state index contributed by atoms with van der Waals surface area (Å²) in [6.45, 7) is 0. The fourth-order valence-electron chi connectivity index (χ4n) is 3.92. The maximum absolute atomic E-state index is 6.34.